The highest BCUT2D eigenvalue weighted by atomic mass is 16.6. The number of rotatable bonds is 3. The molecule has 26 heavy (non-hydrogen) atoms. The molecule has 1 aromatic heterocycles. The van der Waals surface area contributed by atoms with Gasteiger partial charge in [0, 0.05) is 13.1 Å². The first-order chi connectivity index (χ1) is 12.5. The number of imidazole rings is 1. The Kier molecular flexibility index (Phi) is 4.37. The van der Waals surface area contributed by atoms with E-state index < -0.39 is 36.9 Å². The number of likely N-dealkylation sites (tertiary alicyclic amines) is 1. The molecule has 3 aliphatic heterocycles. The SMILES string of the molecule is NC1=NC(N)(N2CCCCC2)c2ncn([C@@H]3O[C@H](CO)[C@@H](O)[C@H]3O)c2N1. The largest absolute Gasteiger partial charge is 0.394 e. The molecule has 0 saturated carbocycles. The second-order valence-corrected chi connectivity index (χ2v) is 6.97. The van der Waals surface area contributed by atoms with Crippen molar-refractivity contribution in [3.63, 3.8) is 0 Å². The maximum absolute atomic E-state index is 10.3. The van der Waals surface area contributed by atoms with Crippen LogP contribution in [-0.2, 0) is 10.5 Å². The van der Waals surface area contributed by atoms with Crippen molar-refractivity contribution < 1.29 is 20.1 Å². The van der Waals surface area contributed by atoms with Crippen molar-refractivity contribution >= 4 is 11.8 Å². The maximum atomic E-state index is 10.3. The number of nitrogens with two attached hydrogens (primary N) is 2. The molecule has 1 aromatic rings. The van der Waals surface area contributed by atoms with E-state index in [1.54, 1.807) is 0 Å². The molecule has 2 fully saturated rings. The molecule has 0 amide bonds. The number of hydrogen-bond acceptors (Lipinski definition) is 10. The van der Waals surface area contributed by atoms with E-state index in [1.807, 2.05) is 4.90 Å². The zero-order chi connectivity index (χ0) is 18.5. The molecule has 4 heterocycles. The molecule has 0 radical (unpaired) electrons. The van der Waals surface area contributed by atoms with Crippen LogP contribution in [0.4, 0.5) is 5.82 Å². The van der Waals surface area contributed by atoms with Crippen LogP contribution in [0.3, 0.4) is 0 Å². The van der Waals surface area contributed by atoms with Crippen LogP contribution in [0.15, 0.2) is 11.3 Å². The minimum Gasteiger partial charge on any atom is -0.394 e. The van der Waals surface area contributed by atoms with Crippen LogP contribution in [0.5, 0.6) is 0 Å². The zero-order valence-corrected chi connectivity index (χ0v) is 14.3. The van der Waals surface area contributed by atoms with Crippen molar-refractivity contribution in [3.05, 3.63) is 12.0 Å². The number of ether oxygens (including phenoxy) is 1. The summed E-state index contributed by atoms with van der Waals surface area (Å²) in [6.45, 7) is 1.16. The number of aliphatic hydroxyl groups is 3. The number of nitrogens with one attached hydrogen (secondary N) is 1. The topological polar surface area (TPSA) is 167 Å². The Labute approximate surface area is 150 Å². The van der Waals surface area contributed by atoms with Crippen LogP contribution < -0.4 is 16.8 Å². The van der Waals surface area contributed by atoms with Crippen LogP contribution in [0.1, 0.15) is 31.2 Å². The molecule has 0 aromatic carbocycles. The molecule has 4 rings (SSSR count). The Hall–Kier alpha value is -1.76. The van der Waals surface area contributed by atoms with Gasteiger partial charge < -0.3 is 31.1 Å². The van der Waals surface area contributed by atoms with Gasteiger partial charge in [0.05, 0.1) is 12.9 Å². The number of fused-ring (bicyclic) bond motifs is 1. The van der Waals surface area contributed by atoms with Crippen molar-refractivity contribution in [2.75, 3.05) is 25.0 Å². The molecule has 1 unspecified atom stereocenters. The number of nitrogens with zero attached hydrogens (tertiary/aromatic N) is 4. The highest BCUT2D eigenvalue weighted by Crippen LogP contribution is 2.38. The lowest BCUT2D eigenvalue weighted by Crippen LogP contribution is -2.57. The molecule has 3 aliphatic rings. The normalized spacial score (nSPS) is 37.9. The monoisotopic (exact) mass is 367 g/mol. The molecule has 8 N–H and O–H groups in total. The summed E-state index contributed by atoms with van der Waals surface area (Å²) in [6, 6.07) is 0. The highest BCUT2D eigenvalue weighted by Gasteiger charge is 2.47. The highest BCUT2D eigenvalue weighted by molar-refractivity contribution is 5.94. The summed E-state index contributed by atoms with van der Waals surface area (Å²) in [7, 11) is 0. The second-order valence-electron chi connectivity index (χ2n) is 6.97. The number of piperidine rings is 1. The van der Waals surface area contributed by atoms with Gasteiger partial charge in [-0.15, -0.1) is 0 Å². The summed E-state index contributed by atoms with van der Waals surface area (Å²) in [5.41, 5.74) is 13.1. The van der Waals surface area contributed by atoms with Crippen molar-refractivity contribution in [2.24, 2.45) is 16.5 Å². The average molecular weight is 367 g/mol. The summed E-state index contributed by atoms with van der Waals surface area (Å²) >= 11 is 0. The molecule has 0 bridgehead atoms. The quantitative estimate of drug-likeness (QED) is 0.347. The molecular weight excluding hydrogens is 342 g/mol. The van der Waals surface area contributed by atoms with Crippen molar-refractivity contribution in [2.45, 2.75) is 49.6 Å². The van der Waals surface area contributed by atoms with Crippen LogP contribution in [0.25, 0.3) is 0 Å². The molecule has 0 spiro atoms. The third-order valence-corrected chi connectivity index (χ3v) is 5.31. The van der Waals surface area contributed by atoms with Crippen LogP contribution >= 0.6 is 0 Å². The standard InChI is InChI=1S/C15H25N7O4/c16-14-19-12-11(15(17,20-14)21-4-2-1-3-5-21)18-7-22(12)13-10(25)9(24)8(6-23)26-13/h7-10,13,23-25H,1-6,17H2,(H3,16,19,20)/t8-,9-,10-,13-,15?/m1/s1. The van der Waals surface area contributed by atoms with E-state index in [4.69, 9.17) is 16.2 Å². The van der Waals surface area contributed by atoms with Gasteiger partial charge in [-0.25, -0.2) is 9.98 Å². The Bertz CT molecular complexity index is 704. The Morgan fingerprint density at radius 1 is 1.27 bits per heavy atom. The Balaban J connectivity index is 1.71. The summed E-state index contributed by atoms with van der Waals surface area (Å²) in [4.78, 5) is 10.9. The summed E-state index contributed by atoms with van der Waals surface area (Å²) in [5.74, 6) is -0.603. The van der Waals surface area contributed by atoms with E-state index in [-0.39, 0.29) is 5.96 Å². The van der Waals surface area contributed by atoms with Crippen molar-refractivity contribution in [3.8, 4) is 0 Å². The van der Waals surface area contributed by atoms with E-state index in [2.05, 4.69) is 15.3 Å². The molecule has 2 saturated heterocycles. The van der Waals surface area contributed by atoms with E-state index in [0.29, 0.717) is 11.5 Å². The maximum Gasteiger partial charge on any atom is 0.216 e. The van der Waals surface area contributed by atoms with Gasteiger partial charge in [0.2, 0.25) is 5.79 Å². The van der Waals surface area contributed by atoms with Gasteiger partial charge in [0.25, 0.3) is 0 Å². The summed E-state index contributed by atoms with van der Waals surface area (Å²) in [6.07, 6.45) is 0.414. The van der Waals surface area contributed by atoms with Crippen molar-refractivity contribution in [1.29, 1.82) is 0 Å². The fraction of sp³-hybridized carbons (Fsp3) is 0.733. The first-order valence-electron chi connectivity index (χ1n) is 8.81. The minimum absolute atomic E-state index is 0.138. The first kappa shape index (κ1) is 17.6. The van der Waals surface area contributed by atoms with Gasteiger partial charge in [-0.3, -0.25) is 15.2 Å². The van der Waals surface area contributed by atoms with Gasteiger partial charge in [-0.2, -0.15) is 0 Å². The number of aromatic nitrogens is 2. The first-order valence-corrected chi connectivity index (χ1v) is 8.81. The number of aliphatic imine (C=N–C) groups is 1. The fourth-order valence-electron chi connectivity index (χ4n) is 3.90. The summed E-state index contributed by atoms with van der Waals surface area (Å²) in [5, 5.41) is 32.6. The third kappa shape index (κ3) is 2.59. The van der Waals surface area contributed by atoms with E-state index >= 15 is 0 Å². The lowest BCUT2D eigenvalue weighted by Gasteiger charge is -2.41. The van der Waals surface area contributed by atoms with E-state index in [9.17, 15) is 15.3 Å². The lowest BCUT2D eigenvalue weighted by atomic mass is 10.1. The van der Waals surface area contributed by atoms with Gasteiger partial charge in [0.15, 0.2) is 12.2 Å². The Morgan fingerprint density at radius 3 is 2.65 bits per heavy atom. The number of aliphatic hydroxyl groups excluding tert-OH is 3. The van der Waals surface area contributed by atoms with Crippen LogP contribution in [0.2, 0.25) is 0 Å². The van der Waals surface area contributed by atoms with Gasteiger partial charge >= 0.3 is 0 Å². The predicted molar refractivity (Wildman–Crippen MR) is 91.8 cm³/mol. The number of hydrogen-bond donors (Lipinski definition) is 6. The van der Waals surface area contributed by atoms with E-state index in [1.165, 1.54) is 10.9 Å². The van der Waals surface area contributed by atoms with Gasteiger partial charge in [-0.05, 0) is 12.8 Å². The second kappa shape index (κ2) is 6.44. The van der Waals surface area contributed by atoms with E-state index in [0.717, 1.165) is 32.4 Å². The predicted octanol–water partition coefficient (Wildman–Crippen LogP) is -2.21. The summed E-state index contributed by atoms with van der Waals surface area (Å²) < 4.78 is 7.13. The molecule has 144 valence electrons. The number of anilines is 1. The third-order valence-electron chi connectivity index (χ3n) is 5.31. The van der Waals surface area contributed by atoms with Crippen molar-refractivity contribution in [1.82, 2.24) is 14.5 Å². The lowest BCUT2D eigenvalue weighted by molar-refractivity contribution is -0.0519. The molecule has 5 atom stereocenters. The fourth-order valence-corrected chi connectivity index (χ4v) is 3.90. The average Bonchev–Trinajstić information content (AvgIpc) is 3.18. The molecule has 11 nitrogen and oxygen atoms in total. The van der Waals surface area contributed by atoms with Gasteiger partial charge in [0.1, 0.15) is 29.8 Å². The Morgan fingerprint density at radius 2 is 2.00 bits per heavy atom. The van der Waals surface area contributed by atoms with Gasteiger partial charge in [-0.1, -0.05) is 6.42 Å². The number of guanidine groups is 1. The molecule has 0 aliphatic carbocycles. The van der Waals surface area contributed by atoms with Crippen LogP contribution in [0, 0.1) is 0 Å². The smallest absolute Gasteiger partial charge is 0.216 e. The minimum atomic E-state index is -1.23. The molecular formula is C15H25N7O4. The molecule has 11 heteroatoms. The zero-order valence-electron chi connectivity index (χ0n) is 14.3. The van der Waals surface area contributed by atoms with Crippen LogP contribution in [-0.4, -0.2) is 73.7 Å².